The lowest BCUT2D eigenvalue weighted by Gasteiger charge is -2.18. The Morgan fingerprint density at radius 2 is 1.49 bits per heavy atom. The topological polar surface area (TPSA) is 44.5 Å². The summed E-state index contributed by atoms with van der Waals surface area (Å²) in [5.74, 6) is 0.701. The summed E-state index contributed by atoms with van der Waals surface area (Å²) in [5, 5.41) is 1.53. The second-order valence-electron chi connectivity index (χ2n) is 8.75. The van der Waals surface area contributed by atoms with E-state index in [2.05, 4.69) is 0 Å². The zero-order valence-electron chi connectivity index (χ0n) is 20.3. The van der Waals surface area contributed by atoms with Crippen LogP contribution >= 0.6 is 34.8 Å². The largest absolute Gasteiger partial charge is 0.490 e. The highest BCUT2D eigenvalue weighted by Crippen LogP contribution is 2.34. The molecule has 192 valence electrons. The lowest BCUT2D eigenvalue weighted by molar-refractivity contribution is 0.217. The Morgan fingerprint density at radius 1 is 0.811 bits per heavy atom. The summed E-state index contributed by atoms with van der Waals surface area (Å²) in [4.78, 5) is 0. The number of halogens is 4. The predicted molar refractivity (Wildman–Crippen MR) is 151 cm³/mol. The quantitative estimate of drug-likeness (QED) is 0.198. The van der Waals surface area contributed by atoms with E-state index in [4.69, 9.17) is 50.0 Å². The number of hydrogen-bond acceptors (Lipinski definition) is 3. The Bertz CT molecular complexity index is 1340. The van der Waals surface area contributed by atoms with E-state index < -0.39 is 0 Å². The third-order valence-corrected chi connectivity index (χ3v) is 6.95. The van der Waals surface area contributed by atoms with Crippen LogP contribution in [0.5, 0.6) is 11.5 Å². The monoisotopic (exact) mass is 557 g/mol. The first kappa shape index (κ1) is 27.3. The molecule has 0 bridgehead atoms. The number of rotatable bonds is 10. The van der Waals surface area contributed by atoms with Gasteiger partial charge in [-0.15, -0.1) is 0 Å². The van der Waals surface area contributed by atoms with Crippen LogP contribution in [0, 0.1) is 12.7 Å². The van der Waals surface area contributed by atoms with Crippen LogP contribution < -0.4 is 15.2 Å². The first-order chi connectivity index (χ1) is 17.9. The maximum Gasteiger partial charge on any atom is 0.156 e. The third-order valence-electron chi connectivity index (χ3n) is 6.06. The van der Waals surface area contributed by atoms with Gasteiger partial charge in [-0.1, -0.05) is 77.3 Å². The number of ether oxygens (including phenoxy) is 2. The minimum atomic E-state index is -0.290. The van der Waals surface area contributed by atoms with Crippen molar-refractivity contribution in [3.8, 4) is 22.6 Å². The average Bonchev–Trinajstić information content (AvgIpc) is 2.87. The summed E-state index contributed by atoms with van der Waals surface area (Å²) >= 11 is 18.7. The smallest absolute Gasteiger partial charge is 0.156 e. The molecule has 7 heteroatoms. The van der Waals surface area contributed by atoms with Crippen molar-refractivity contribution in [3.05, 3.63) is 116 Å². The fourth-order valence-corrected chi connectivity index (χ4v) is 5.13. The fourth-order valence-electron chi connectivity index (χ4n) is 4.18. The zero-order valence-corrected chi connectivity index (χ0v) is 22.6. The summed E-state index contributed by atoms with van der Waals surface area (Å²) in [6.07, 6.45) is 0.604. The second-order valence-corrected chi connectivity index (χ2v) is 9.97. The average molecular weight is 559 g/mol. The highest BCUT2D eigenvalue weighted by Gasteiger charge is 2.17. The normalized spacial score (nSPS) is 11.8. The van der Waals surface area contributed by atoms with Gasteiger partial charge < -0.3 is 15.2 Å². The molecule has 0 aromatic heterocycles. The Hall–Kier alpha value is -2.76. The van der Waals surface area contributed by atoms with E-state index in [9.17, 15) is 0 Å². The molecule has 0 spiro atoms. The van der Waals surface area contributed by atoms with Gasteiger partial charge in [0, 0.05) is 16.5 Å². The molecule has 0 saturated carbocycles. The predicted octanol–water partition coefficient (Wildman–Crippen LogP) is 8.50. The molecule has 3 nitrogen and oxygen atoms in total. The molecular weight excluding hydrogens is 532 g/mol. The van der Waals surface area contributed by atoms with E-state index in [1.165, 1.54) is 6.07 Å². The third kappa shape index (κ3) is 6.97. The van der Waals surface area contributed by atoms with Crippen LogP contribution in [0.4, 0.5) is 4.39 Å². The molecule has 2 N–H and O–H groups in total. The molecule has 1 unspecified atom stereocenters. The van der Waals surface area contributed by atoms with Crippen LogP contribution in [0.25, 0.3) is 11.1 Å². The maximum atomic E-state index is 15.1. The molecule has 0 amide bonds. The Morgan fingerprint density at radius 3 is 2.14 bits per heavy atom. The van der Waals surface area contributed by atoms with E-state index in [0.29, 0.717) is 58.3 Å². The van der Waals surface area contributed by atoms with Crippen LogP contribution in [-0.2, 0) is 6.42 Å². The minimum absolute atomic E-state index is 0.163. The summed E-state index contributed by atoms with van der Waals surface area (Å²) in [5.41, 5.74) is 10.2. The number of hydrogen-bond donors (Lipinski definition) is 1. The lowest BCUT2D eigenvalue weighted by atomic mass is 9.90. The van der Waals surface area contributed by atoms with Gasteiger partial charge in [0.25, 0.3) is 0 Å². The van der Waals surface area contributed by atoms with Crippen LogP contribution in [0.3, 0.4) is 0 Å². The molecule has 0 aliphatic carbocycles. The lowest BCUT2D eigenvalue weighted by Crippen LogP contribution is -2.16. The molecule has 0 fully saturated rings. The van der Waals surface area contributed by atoms with Crippen molar-refractivity contribution in [1.29, 1.82) is 0 Å². The molecule has 0 aliphatic rings. The van der Waals surface area contributed by atoms with Crippen molar-refractivity contribution in [2.24, 2.45) is 5.73 Å². The van der Waals surface area contributed by atoms with Gasteiger partial charge in [0.05, 0.1) is 10.0 Å². The van der Waals surface area contributed by atoms with Crippen molar-refractivity contribution in [2.75, 3.05) is 19.8 Å². The summed E-state index contributed by atoms with van der Waals surface area (Å²) < 4.78 is 26.6. The Kier molecular flexibility index (Phi) is 9.33. The number of nitrogens with two attached hydrogens (primary N) is 1. The molecule has 1 atom stereocenters. The molecule has 4 aromatic rings. The Labute approximate surface area is 231 Å². The van der Waals surface area contributed by atoms with Crippen molar-refractivity contribution in [3.63, 3.8) is 0 Å². The van der Waals surface area contributed by atoms with Crippen LogP contribution in [0.1, 0.15) is 22.6 Å². The number of benzene rings is 4. The van der Waals surface area contributed by atoms with Crippen LogP contribution in [0.2, 0.25) is 15.1 Å². The van der Waals surface area contributed by atoms with E-state index in [1.54, 1.807) is 24.3 Å². The molecule has 4 rings (SSSR count). The number of aryl methyl sites for hydroxylation is 1. The van der Waals surface area contributed by atoms with Gasteiger partial charge in [0.1, 0.15) is 24.8 Å². The second kappa shape index (κ2) is 12.7. The van der Waals surface area contributed by atoms with E-state index in [0.717, 1.165) is 22.3 Å². The molecule has 0 radical (unpaired) electrons. The van der Waals surface area contributed by atoms with Gasteiger partial charge in [-0.3, -0.25) is 0 Å². The maximum absolute atomic E-state index is 15.1. The molecule has 37 heavy (non-hydrogen) atoms. The fraction of sp³-hybridized carbons (Fsp3) is 0.200. The summed E-state index contributed by atoms with van der Waals surface area (Å²) in [7, 11) is 0. The van der Waals surface area contributed by atoms with Crippen LogP contribution in [0.15, 0.2) is 78.9 Å². The molecule has 4 aromatic carbocycles. The van der Waals surface area contributed by atoms with Crippen molar-refractivity contribution in [2.45, 2.75) is 19.3 Å². The first-order valence-electron chi connectivity index (χ1n) is 11.9. The SMILES string of the molecule is Cc1cc(Cl)c(OCCOc2ccc(CC(CN)c3ccc(-c4ccccc4Cl)cc3F)cc2)c(Cl)c1. The highest BCUT2D eigenvalue weighted by molar-refractivity contribution is 6.37. The van der Waals surface area contributed by atoms with Crippen molar-refractivity contribution in [1.82, 2.24) is 0 Å². The molecule has 0 aliphatic heterocycles. The summed E-state index contributed by atoms with van der Waals surface area (Å²) in [6, 6.07) is 23.9. The van der Waals surface area contributed by atoms with Gasteiger partial charge in [-0.05, 0) is 78.5 Å². The standard InChI is InChI=1S/C30H27Cl3FNO2/c1-19-14-27(32)30(28(33)15-19)37-13-12-36-23-9-6-20(7-10-23)16-22(18-35)25-11-8-21(17-29(25)34)24-4-2-3-5-26(24)31/h2-11,14-15,17,22H,12-13,16,18,35H2,1H3. The van der Waals surface area contributed by atoms with E-state index in [1.807, 2.05) is 55.5 Å². The van der Waals surface area contributed by atoms with Gasteiger partial charge in [-0.25, -0.2) is 4.39 Å². The van der Waals surface area contributed by atoms with Gasteiger partial charge >= 0.3 is 0 Å². The molecular formula is C30H27Cl3FNO2. The van der Waals surface area contributed by atoms with Crippen molar-refractivity contribution >= 4 is 34.8 Å². The molecule has 0 saturated heterocycles. The van der Waals surface area contributed by atoms with Gasteiger partial charge in [0.2, 0.25) is 0 Å². The Balaban J connectivity index is 1.34. The van der Waals surface area contributed by atoms with Gasteiger partial charge in [0.15, 0.2) is 5.75 Å². The van der Waals surface area contributed by atoms with Crippen LogP contribution in [-0.4, -0.2) is 19.8 Å². The van der Waals surface area contributed by atoms with Gasteiger partial charge in [-0.2, -0.15) is 0 Å². The molecule has 0 heterocycles. The van der Waals surface area contributed by atoms with E-state index >= 15 is 4.39 Å². The minimum Gasteiger partial charge on any atom is -0.490 e. The first-order valence-corrected chi connectivity index (χ1v) is 13.0. The van der Waals surface area contributed by atoms with E-state index in [-0.39, 0.29) is 11.7 Å². The summed E-state index contributed by atoms with van der Waals surface area (Å²) in [6.45, 7) is 2.86. The van der Waals surface area contributed by atoms with Crippen molar-refractivity contribution < 1.29 is 13.9 Å². The zero-order chi connectivity index (χ0) is 26.4. The highest BCUT2D eigenvalue weighted by atomic mass is 35.5.